The number of hydrazine groups is 1. The highest BCUT2D eigenvalue weighted by atomic mass is 32.2. The van der Waals surface area contributed by atoms with E-state index in [1.807, 2.05) is 4.83 Å². The van der Waals surface area contributed by atoms with Gasteiger partial charge in [0.05, 0.1) is 11.4 Å². The zero-order valence-electron chi connectivity index (χ0n) is 14.0. The van der Waals surface area contributed by atoms with Gasteiger partial charge in [0.25, 0.3) is 21.5 Å². The van der Waals surface area contributed by atoms with Crippen LogP contribution in [0.25, 0.3) is 10.8 Å². The zero-order chi connectivity index (χ0) is 18.9. The number of nitrogens with one attached hydrogen (secondary N) is 2. The SMILES string of the molecule is CC(C)n1nc(C(=O)NNS(=O)(=O)c2cccs2)c2ccccc2c1=O. The van der Waals surface area contributed by atoms with Crippen LogP contribution >= 0.6 is 11.3 Å². The average Bonchev–Trinajstić information content (AvgIpc) is 3.15. The van der Waals surface area contributed by atoms with Crippen molar-refractivity contribution >= 4 is 38.0 Å². The van der Waals surface area contributed by atoms with E-state index in [-0.39, 0.29) is 21.5 Å². The zero-order valence-corrected chi connectivity index (χ0v) is 15.6. The summed E-state index contributed by atoms with van der Waals surface area (Å²) in [6, 6.07) is 9.31. The van der Waals surface area contributed by atoms with Crippen LogP contribution in [0.15, 0.2) is 50.8 Å². The lowest BCUT2D eigenvalue weighted by atomic mass is 10.1. The molecular formula is C16H16N4O4S2. The summed E-state index contributed by atoms with van der Waals surface area (Å²) in [4.78, 5) is 27.1. The van der Waals surface area contributed by atoms with E-state index < -0.39 is 15.9 Å². The van der Waals surface area contributed by atoms with Crippen LogP contribution in [0, 0.1) is 0 Å². The number of nitrogens with zero attached hydrogens (tertiary/aromatic N) is 2. The number of carbonyl (C=O) groups excluding carboxylic acids is 1. The number of hydrogen-bond donors (Lipinski definition) is 2. The Hall–Kier alpha value is -2.56. The second-order valence-electron chi connectivity index (χ2n) is 5.73. The Kier molecular flexibility index (Phi) is 4.90. The molecule has 2 aromatic heterocycles. The largest absolute Gasteiger partial charge is 0.287 e. The number of hydrogen-bond acceptors (Lipinski definition) is 6. The summed E-state index contributed by atoms with van der Waals surface area (Å²) >= 11 is 1.03. The number of sulfonamides is 1. The molecule has 0 aliphatic carbocycles. The molecule has 3 aromatic rings. The molecule has 0 fully saturated rings. The van der Waals surface area contributed by atoms with Crippen molar-refractivity contribution in [3.05, 3.63) is 57.8 Å². The van der Waals surface area contributed by atoms with Crippen molar-refractivity contribution < 1.29 is 13.2 Å². The molecule has 26 heavy (non-hydrogen) atoms. The fraction of sp³-hybridized carbons (Fsp3) is 0.188. The number of aromatic nitrogens is 2. The topological polar surface area (TPSA) is 110 Å². The molecule has 0 atom stereocenters. The maximum atomic E-state index is 12.5. The first-order valence-corrected chi connectivity index (χ1v) is 10.0. The van der Waals surface area contributed by atoms with Crippen molar-refractivity contribution in [2.24, 2.45) is 0 Å². The predicted octanol–water partition coefficient (Wildman–Crippen LogP) is 1.66. The first kappa shape index (κ1) is 18.2. The van der Waals surface area contributed by atoms with Crippen LogP contribution in [0.5, 0.6) is 0 Å². The molecular weight excluding hydrogens is 376 g/mol. The quantitative estimate of drug-likeness (QED) is 0.642. The Labute approximate surface area is 153 Å². The first-order chi connectivity index (χ1) is 12.3. The van der Waals surface area contributed by atoms with Crippen LogP contribution in [-0.2, 0) is 10.0 Å². The second-order valence-corrected chi connectivity index (χ2v) is 8.59. The van der Waals surface area contributed by atoms with Crippen molar-refractivity contribution in [3.63, 3.8) is 0 Å². The van der Waals surface area contributed by atoms with Crippen LogP contribution in [-0.4, -0.2) is 24.1 Å². The van der Waals surface area contributed by atoms with E-state index in [0.29, 0.717) is 10.8 Å². The molecule has 3 rings (SSSR count). The fourth-order valence-corrected chi connectivity index (χ4v) is 4.20. The summed E-state index contributed by atoms with van der Waals surface area (Å²) in [7, 11) is -3.87. The maximum Gasteiger partial charge on any atom is 0.287 e. The molecule has 0 aliphatic heterocycles. The van der Waals surface area contributed by atoms with Crippen molar-refractivity contribution in [2.75, 3.05) is 0 Å². The Bertz CT molecular complexity index is 1120. The smallest absolute Gasteiger partial charge is 0.272 e. The lowest BCUT2D eigenvalue weighted by molar-refractivity contribution is 0.0939. The van der Waals surface area contributed by atoms with Gasteiger partial charge in [0.2, 0.25) is 0 Å². The second kappa shape index (κ2) is 6.98. The van der Waals surface area contributed by atoms with E-state index in [9.17, 15) is 18.0 Å². The van der Waals surface area contributed by atoms with Crippen LogP contribution in [0.1, 0.15) is 30.4 Å². The van der Waals surface area contributed by atoms with E-state index in [0.717, 1.165) is 11.3 Å². The first-order valence-electron chi connectivity index (χ1n) is 7.68. The summed E-state index contributed by atoms with van der Waals surface area (Å²) in [6.45, 7) is 3.54. The third-order valence-corrected chi connectivity index (χ3v) is 6.24. The molecule has 1 amide bonds. The summed E-state index contributed by atoms with van der Waals surface area (Å²) in [5, 5.41) is 6.42. The van der Waals surface area contributed by atoms with Gasteiger partial charge in [0.1, 0.15) is 4.21 Å². The number of rotatable bonds is 5. The summed E-state index contributed by atoms with van der Waals surface area (Å²) < 4.78 is 25.5. The number of thiophene rings is 1. The van der Waals surface area contributed by atoms with Crippen molar-refractivity contribution in [3.8, 4) is 0 Å². The highest BCUT2D eigenvalue weighted by molar-refractivity contribution is 7.91. The van der Waals surface area contributed by atoms with E-state index in [4.69, 9.17) is 0 Å². The predicted molar refractivity (Wildman–Crippen MR) is 98.5 cm³/mol. The Balaban J connectivity index is 1.98. The summed E-state index contributed by atoms with van der Waals surface area (Å²) in [6.07, 6.45) is 0. The normalized spacial score (nSPS) is 11.8. The molecule has 10 heteroatoms. The van der Waals surface area contributed by atoms with Gasteiger partial charge in [-0.05, 0) is 31.4 Å². The van der Waals surface area contributed by atoms with Gasteiger partial charge in [-0.2, -0.15) is 5.10 Å². The molecule has 0 saturated carbocycles. The minimum absolute atomic E-state index is 0.0391. The van der Waals surface area contributed by atoms with E-state index in [2.05, 4.69) is 10.5 Å². The molecule has 0 radical (unpaired) electrons. The highest BCUT2D eigenvalue weighted by Gasteiger charge is 2.21. The van der Waals surface area contributed by atoms with Crippen LogP contribution in [0.2, 0.25) is 0 Å². The molecule has 0 bridgehead atoms. The lowest BCUT2D eigenvalue weighted by Gasteiger charge is -2.13. The van der Waals surface area contributed by atoms with Crippen LogP contribution in [0.4, 0.5) is 0 Å². The highest BCUT2D eigenvalue weighted by Crippen LogP contribution is 2.16. The van der Waals surface area contributed by atoms with Crippen LogP contribution < -0.4 is 15.8 Å². The van der Waals surface area contributed by atoms with Gasteiger partial charge in [-0.3, -0.25) is 15.0 Å². The number of carbonyl (C=O) groups is 1. The van der Waals surface area contributed by atoms with Crippen molar-refractivity contribution in [1.82, 2.24) is 20.0 Å². The van der Waals surface area contributed by atoms with Gasteiger partial charge >= 0.3 is 0 Å². The lowest BCUT2D eigenvalue weighted by Crippen LogP contribution is -2.42. The van der Waals surface area contributed by atoms with Crippen molar-refractivity contribution in [1.29, 1.82) is 0 Å². The summed E-state index contributed by atoms with van der Waals surface area (Å²) in [5.74, 6) is -0.754. The molecule has 0 saturated heterocycles. The van der Waals surface area contributed by atoms with Gasteiger partial charge in [0, 0.05) is 5.39 Å². The maximum absolute atomic E-state index is 12.5. The molecule has 136 valence electrons. The molecule has 0 spiro atoms. The van der Waals surface area contributed by atoms with Gasteiger partial charge in [-0.15, -0.1) is 16.2 Å². The van der Waals surface area contributed by atoms with Crippen LogP contribution in [0.3, 0.4) is 0 Å². The molecule has 2 N–H and O–H groups in total. The van der Waals surface area contributed by atoms with E-state index >= 15 is 0 Å². The number of benzene rings is 1. The van der Waals surface area contributed by atoms with Crippen molar-refractivity contribution in [2.45, 2.75) is 24.1 Å². The standard InChI is InChI=1S/C16H16N4O4S2/c1-10(2)20-16(22)12-7-4-3-6-11(12)14(18-20)15(21)17-19-26(23,24)13-8-5-9-25-13/h3-10,19H,1-2H3,(H,17,21). The molecule has 8 nitrogen and oxygen atoms in total. The Morgan fingerprint density at radius 2 is 1.85 bits per heavy atom. The number of fused-ring (bicyclic) bond motifs is 1. The summed E-state index contributed by atoms with van der Waals surface area (Å²) in [5.41, 5.74) is 1.80. The third kappa shape index (κ3) is 3.39. The molecule has 1 aromatic carbocycles. The fourth-order valence-electron chi connectivity index (χ4n) is 2.36. The van der Waals surface area contributed by atoms with Gasteiger partial charge in [-0.1, -0.05) is 24.3 Å². The molecule has 2 heterocycles. The average molecular weight is 392 g/mol. The van der Waals surface area contributed by atoms with E-state index in [1.54, 1.807) is 49.6 Å². The van der Waals surface area contributed by atoms with E-state index in [1.165, 1.54) is 10.7 Å². The molecule has 0 unspecified atom stereocenters. The Morgan fingerprint density at radius 3 is 2.46 bits per heavy atom. The monoisotopic (exact) mass is 392 g/mol. The van der Waals surface area contributed by atoms with Gasteiger partial charge in [-0.25, -0.2) is 13.1 Å². The minimum atomic E-state index is -3.87. The minimum Gasteiger partial charge on any atom is -0.272 e. The third-order valence-electron chi connectivity index (χ3n) is 3.59. The van der Waals surface area contributed by atoms with Gasteiger partial charge in [0.15, 0.2) is 5.69 Å². The van der Waals surface area contributed by atoms with Gasteiger partial charge < -0.3 is 0 Å². The molecule has 0 aliphatic rings. The number of amides is 1. The Morgan fingerprint density at radius 1 is 1.15 bits per heavy atom.